The van der Waals surface area contributed by atoms with Gasteiger partial charge in [-0.2, -0.15) is 0 Å². The van der Waals surface area contributed by atoms with Crippen LogP contribution in [0.5, 0.6) is 0 Å². The maximum atomic E-state index is 6.51. The van der Waals surface area contributed by atoms with Crippen LogP contribution in [0.3, 0.4) is 0 Å². The van der Waals surface area contributed by atoms with Gasteiger partial charge in [0, 0.05) is 47.6 Å². The Balaban J connectivity index is 1.04. The molecule has 0 saturated carbocycles. The smallest absolute Gasteiger partial charge is 0.164 e. The zero-order chi connectivity index (χ0) is 37.0. The molecular formula is C51H31N3OS. The van der Waals surface area contributed by atoms with Crippen molar-refractivity contribution in [3.05, 3.63) is 188 Å². The minimum Gasteiger partial charge on any atom is -0.456 e. The summed E-state index contributed by atoms with van der Waals surface area (Å²) in [5.74, 6) is 1.80. The largest absolute Gasteiger partial charge is 0.456 e. The molecule has 262 valence electrons. The first kappa shape index (κ1) is 32.2. The molecule has 11 rings (SSSR count). The fourth-order valence-electron chi connectivity index (χ4n) is 7.70. The number of rotatable bonds is 6. The van der Waals surface area contributed by atoms with Gasteiger partial charge in [-0.05, 0) is 94.0 Å². The Bertz CT molecular complexity index is 3180. The van der Waals surface area contributed by atoms with E-state index in [1.165, 1.54) is 25.7 Å². The van der Waals surface area contributed by atoms with Crippen molar-refractivity contribution < 1.29 is 4.42 Å². The maximum absolute atomic E-state index is 6.51. The summed E-state index contributed by atoms with van der Waals surface area (Å²) in [6.45, 7) is 0. The summed E-state index contributed by atoms with van der Waals surface area (Å²) in [6.07, 6.45) is 0. The van der Waals surface area contributed by atoms with Gasteiger partial charge < -0.3 is 4.42 Å². The van der Waals surface area contributed by atoms with Crippen LogP contribution < -0.4 is 0 Å². The summed E-state index contributed by atoms with van der Waals surface area (Å²) < 4.78 is 9.12. The molecule has 8 aromatic carbocycles. The Labute approximate surface area is 327 Å². The van der Waals surface area contributed by atoms with Crippen LogP contribution in [0.1, 0.15) is 0 Å². The number of hydrogen-bond donors (Lipinski definition) is 0. The quantitative estimate of drug-likeness (QED) is 0.171. The summed E-state index contributed by atoms with van der Waals surface area (Å²) in [5, 5.41) is 4.72. The van der Waals surface area contributed by atoms with Crippen LogP contribution in [0.25, 0.3) is 110 Å². The number of fused-ring (bicyclic) bond motifs is 6. The molecule has 0 N–H and O–H groups in total. The van der Waals surface area contributed by atoms with Crippen molar-refractivity contribution in [1.82, 2.24) is 15.0 Å². The Morgan fingerprint density at radius 2 is 0.804 bits per heavy atom. The Kier molecular flexibility index (Phi) is 7.64. The molecule has 5 heteroatoms. The summed E-state index contributed by atoms with van der Waals surface area (Å²) in [7, 11) is 0. The molecule has 0 aliphatic heterocycles. The number of benzene rings is 8. The molecule has 0 aliphatic carbocycles. The normalized spacial score (nSPS) is 11.6. The standard InChI is InChI=1S/C51H31N3OS/c1-4-12-32(13-5-1)38-26-39(33-14-6-2-7-15-33)28-40(27-38)51-53-49(34-16-8-3-9-17-34)52-50(54-51)37-20-23-41-43-29-35(21-24-45(43)55-46(41)31-37)36-22-25-48-44(30-36)42-18-10-11-19-47(42)56-48/h1-31H. The van der Waals surface area contributed by atoms with Gasteiger partial charge in [0.05, 0.1) is 0 Å². The van der Waals surface area contributed by atoms with Gasteiger partial charge in [-0.1, -0.05) is 127 Å². The van der Waals surface area contributed by atoms with E-state index in [9.17, 15) is 0 Å². The van der Waals surface area contributed by atoms with E-state index < -0.39 is 0 Å². The van der Waals surface area contributed by atoms with E-state index in [4.69, 9.17) is 19.4 Å². The molecule has 4 nitrogen and oxygen atoms in total. The molecule has 0 radical (unpaired) electrons. The zero-order valence-electron chi connectivity index (χ0n) is 30.1. The molecule has 0 unspecified atom stereocenters. The van der Waals surface area contributed by atoms with Gasteiger partial charge in [0.1, 0.15) is 11.2 Å². The van der Waals surface area contributed by atoms with E-state index in [0.717, 1.165) is 66.4 Å². The van der Waals surface area contributed by atoms with Gasteiger partial charge in [-0.3, -0.25) is 0 Å². The van der Waals surface area contributed by atoms with Gasteiger partial charge in [-0.15, -0.1) is 11.3 Å². The number of hydrogen-bond acceptors (Lipinski definition) is 5. The van der Waals surface area contributed by atoms with Crippen LogP contribution >= 0.6 is 11.3 Å². The van der Waals surface area contributed by atoms with Crippen molar-refractivity contribution in [3.8, 4) is 67.5 Å². The van der Waals surface area contributed by atoms with Gasteiger partial charge in [-0.25, -0.2) is 15.0 Å². The second-order valence-corrected chi connectivity index (χ2v) is 15.1. The van der Waals surface area contributed by atoms with Gasteiger partial charge >= 0.3 is 0 Å². The summed E-state index contributed by atoms with van der Waals surface area (Å²) in [4.78, 5) is 15.3. The highest BCUT2D eigenvalue weighted by Gasteiger charge is 2.17. The molecule has 3 aromatic heterocycles. The fraction of sp³-hybridized carbons (Fsp3) is 0. The van der Waals surface area contributed by atoms with Crippen LogP contribution in [0.15, 0.2) is 192 Å². The average molecular weight is 734 g/mol. The van der Waals surface area contributed by atoms with Gasteiger partial charge in [0.15, 0.2) is 17.5 Å². The van der Waals surface area contributed by atoms with Crippen LogP contribution in [0.2, 0.25) is 0 Å². The molecular weight excluding hydrogens is 703 g/mol. The van der Waals surface area contributed by atoms with Gasteiger partial charge in [0.25, 0.3) is 0 Å². The highest BCUT2D eigenvalue weighted by atomic mass is 32.1. The first-order valence-corrected chi connectivity index (χ1v) is 19.5. The Morgan fingerprint density at radius 1 is 0.286 bits per heavy atom. The van der Waals surface area contributed by atoms with Crippen molar-refractivity contribution in [3.63, 3.8) is 0 Å². The van der Waals surface area contributed by atoms with E-state index in [-0.39, 0.29) is 0 Å². The molecule has 3 heterocycles. The second kappa shape index (κ2) is 13.3. The first-order chi connectivity index (χ1) is 27.7. The summed E-state index contributed by atoms with van der Waals surface area (Å²) in [5.41, 5.74) is 11.1. The molecule has 11 aromatic rings. The van der Waals surface area contributed by atoms with Crippen LogP contribution in [0.4, 0.5) is 0 Å². The van der Waals surface area contributed by atoms with E-state index in [1.54, 1.807) is 0 Å². The number of nitrogens with zero attached hydrogens (tertiary/aromatic N) is 3. The molecule has 0 spiro atoms. The monoisotopic (exact) mass is 733 g/mol. The molecule has 0 saturated heterocycles. The van der Waals surface area contributed by atoms with Crippen molar-refractivity contribution in [2.24, 2.45) is 0 Å². The number of furan rings is 1. The third kappa shape index (κ3) is 5.74. The lowest BCUT2D eigenvalue weighted by molar-refractivity contribution is 0.669. The minimum absolute atomic E-state index is 0.583. The molecule has 0 aliphatic rings. The van der Waals surface area contributed by atoms with Crippen LogP contribution in [0, 0.1) is 0 Å². The van der Waals surface area contributed by atoms with Crippen molar-refractivity contribution in [2.75, 3.05) is 0 Å². The van der Waals surface area contributed by atoms with Gasteiger partial charge in [0.2, 0.25) is 0 Å². The highest BCUT2D eigenvalue weighted by molar-refractivity contribution is 7.25. The van der Waals surface area contributed by atoms with Crippen LogP contribution in [-0.2, 0) is 0 Å². The summed E-state index contributed by atoms with van der Waals surface area (Å²) in [6, 6.07) is 65.8. The van der Waals surface area contributed by atoms with Crippen molar-refractivity contribution in [2.45, 2.75) is 0 Å². The second-order valence-electron chi connectivity index (χ2n) is 14.0. The molecule has 0 atom stereocenters. The van der Waals surface area contributed by atoms with Crippen molar-refractivity contribution in [1.29, 1.82) is 0 Å². The lowest BCUT2D eigenvalue weighted by Gasteiger charge is -2.12. The topological polar surface area (TPSA) is 51.8 Å². The Hall–Kier alpha value is -7.21. The summed E-state index contributed by atoms with van der Waals surface area (Å²) >= 11 is 1.84. The molecule has 0 amide bonds. The third-order valence-corrected chi connectivity index (χ3v) is 11.7. The van der Waals surface area contributed by atoms with E-state index >= 15 is 0 Å². The zero-order valence-corrected chi connectivity index (χ0v) is 30.9. The Morgan fingerprint density at radius 3 is 1.50 bits per heavy atom. The van der Waals surface area contributed by atoms with E-state index in [2.05, 4.69) is 146 Å². The molecule has 0 bridgehead atoms. The SMILES string of the molecule is c1ccc(-c2cc(-c3ccccc3)cc(-c3nc(-c4ccccc4)nc(-c4ccc5c(c4)oc4ccc(-c6ccc7sc8ccccc8c7c6)cc45)n3)c2)cc1. The average Bonchev–Trinajstić information content (AvgIpc) is 3.84. The predicted octanol–water partition coefficient (Wildman–Crippen LogP) is 14.1. The van der Waals surface area contributed by atoms with E-state index in [0.29, 0.717) is 17.5 Å². The fourth-order valence-corrected chi connectivity index (χ4v) is 8.79. The van der Waals surface area contributed by atoms with E-state index in [1.807, 2.05) is 53.8 Å². The predicted molar refractivity (Wildman–Crippen MR) is 233 cm³/mol. The number of aromatic nitrogens is 3. The third-order valence-electron chi connectivity index (χ3n) is 10.5. The number of thiophene rings is 1. The van der Waals surface area contributed by atoms with Crippen LogP contribution in [-0.4, -0.2) is 15.0 Å². The lowest BCUT2D eigenvalue weighted by Crippen LogP contribution is -2.00. The maximum Gasteiger partial charge on any atom is 0.164 e. The van der Waals surface area contributed by atoms with Crippen molar-refractivity contribution >= 4 is 53.4 Å². The molecule has 56 heavy (non-hydrogen) atoms. The molecule has 0 fully saturated rings. The minimum atomic E-state index is 0.583. The lowest BCUT2D eigenvalue weighted by atomic mass is 9.96. The first-order valence-electron chi connectivity index (χ1n) is 18.7. The highest BCUT2D eigenvalue weighted by Crippen LogP contribution is 2.39.